The molecule has 0 saturated heterocycles. The van der Waals surface area contributed by atoms with Gasteiger partial charge < -0.3 is 15.2 Å². The Morgan fingerprint density at radius 3 is 2.52 bits per heavy atom. The van der Waals surface area contributed by atoms with Gasteiger partial charge in [-0.05, 0) is 39.8 Å². The van der Waals surface area contributed by atoms with Crippen LogP contribution in [0.15, 0.2) is 23.6 Å². The van der Waals surface area contributed by atoms with E-state index in [0.717, 1.165) is 17.9 Å². The second kappa shape index (κ2) is 10.2. The fourth-order valence-electron chi connectivity index (χ4n) is 2.97. The molecule has 1 heterocycles. The summed E-state index contributed by atoms with van der Waals surface area (Å²) < 4.78 is 5.12. The molecule has 2 amide bonds. The van der Waals surface area contributed by atoms with E-state index in [-0.39, 0.29) is 28.7 Å². The number of aromatic hydroxyl groups is 1. The minimum absolute atomic E-state index is 0.0000973. The molecule has 0 atom stereocenters. The SMILES string of the molecule is COc1cc(O)ccc1C(=O)Nc1nc(C(=O)NCCN(C(C)C)C(C)C)cs1. The van der Waals surface area contributed by atoms with Gasteiger partial charge in [-0.15, -0.1) is 11.3 Å². The number of aromatic nitrogens is 1. The standard InChI is InChI=1S/C20H28N4O4S/c1-12(2)24(13(3)4)9-8-21-19(27)16-11-29-20(22-16)23-18(26)15-7-6-14(25)10-17(15)28-5/h6-7,10-13,25H,8-9H2,1-5H3,(H,21,27)(H,22,23,26). The molecule has 1 aromatic carbocycles. The molecule has 0 saturated carbocycles. The van der Waals surface area contributed by atoms with Crippen LogP contribution < -0.4 is 15.4 Å². The highest BCUT2D eigenvalue weighted by molar-refractivity contribution is 7.14. The van der Waals surface area contributed by atoms with Crippen LogP contribution in [-0.2, 0) is 0 Å². The predicted octanol–water partition coefficient (Wildman–Crippen LogP) is 2.96. The fraction of sp³-hybridized carbons (Fsp3) is 0.450. The van der Waals surface area contributed by atoms with Gasteiger partial charge >= 0.3 is 0 Å². The van der Waals surface area contributed by atoms with Crippen molar-refractivity contribution in [2.45, 2.75) is 39.8 Å². The van der Waals surface area contributed by atoms with Gasteiger partial charge in [-0.2, -0.15) is 0 Å². The normalized spacial score (nSPS) is 11.2. The number of hydrogen-bond donors (Lipinski definition) is 3. The summed E-state index contributed by atoms with van der Waals surface area (Å²) in [6.45, 7) is 9.76. The van der Waals surface area contributed by atoms with Gasteiger partial charge in [-0.3, -0.25) is 19.8 Å². The Morgan fingerprint density at radius 2 is 1.90 bits per heavy atom. The van der Waals surface area contributed by atoms with Gasteiger partial charge in [0.2, 0.25) is 0 Å². The third kappa shape index (κ3) is 6.16. The van der Waals surface area contributed by atoms with E-state index in [1.54, 1.807) is 5.38 Å². The van der Waals surface area contributed by atoms with Crippen LogP contribution in [0.25, 0.3) is 0 Å². The molecular weight excluding hydrogens is 392 g/mol. The minimum atomic E-state index is -0.437. The number of nitrogens with one attached hydrogen (secondary N) is 2. The summed E-state index contributed by atoms with van der Waals surface area (Å²) >= 11 is 1.16. The van der Waals surface area contributed by atoms with Crippen LogP contribution in [0.2, 0.25) is 0 Å². The molecule has 2 rings (SSSR count). The molecule has 29 heavy (non-hydrogen) atoms. The number of phenolic OH excluding ortho intramolecular Hbond substituents is 1. The number of anilines is 1. The summed E-state index contributed by atoms with van der Waals surface area (Å²) in [6, 6.07) is 5.00. The van der Waals surface area contributed by atoms with E-state index in [0.29, 0.717) is 23.8 Å². The zero-order valence-electron chi connectivity index (χ0n) is 17.4. The number of benzene rings is 1. The van der Waals surface area contributed by atoms with Crippen molar-refractivity contribution in [3.05, 3.63) is 34.8 Å². The second-order valence-corrected chi connectivity index (χ2v) is 7.92. The smallest absolute Gasteiger partial charge is 0.270 e. The largest absolute Gasteiger partial charge is 0.508 e. The van der Waals surface area contributed by atoms with Crippen molar-refractivity contribution in [1.82, 2.24) is 15.2 Å². The number of nitrogens with zero attached hydrogens (tertiary/aromatic N) is 2. The van der Waals surface area contributed by atoms with Crippen molar-refractivity contribution >= 4 is 28.3 Å². The second-order valence-electron chi connectivity index (χ2n) is 7.06. The van der Waals surface area contributed by atoms with Gasteiger partial charge in [0.25, 0.3) is 11.8 Å². The average Bonchev–Trinajstić information content (AvgIpc) is 3.12. The Balaban J connectivity index is 1.95. The molecular formula is C20H28N4O4S. The third-order valence-electron chi connectivity index (χ3n) is 4.37. The number of ether oxygens (including phenoxy) is 1. The number of carbonyl (C=O) groups excluding carboxylic acids is 2. The van der Waals surface area contributed by atoms with E-state index >= 15 is 0 Å². The summed E-state index contributed by atoms with van der Waals surface area (Å²) in [5.74, 6) is -0.471. The quantitative estimate of drug-likeness (QED) is 0.576. The molecule has 8 nitrogen and oxygen atoms in total. The first-order chi connectivity index (χ1) is 13.7. The Bertz CT molecular complexity index is 843. The van der Waals surface area contributed by atoms with Crippen molar-refractivity contribution in [3.63, 3.8) is 0 Å². The van der Waals surface area contributed by atoms with E-state index in [1.165, 1.54) is 25.3 Å². The number of carbonyl (C=O) groups is 2. The van der Waals surface area contributed by atoms with Gasteiger partial charge in [0.15, 0.2) is 5.13 Å². The van der Waals surface area contributed by atoms with Crippen LogP contribution in [0.4, 0.5) is 5.13 Å². The number of hydrogen-bond acceptors (Lipinski definition) is 7. The molecule has 0 aliphatic carbocycles. The first-order valence-electron chi connectivity index (χ1n) is 9.40. The first kappa shape index (κ1) is 22.6. The Hall–Kier alpha value is -2.65. The Labute approximate surface area is 174 Å². The lowest BCUT2D eigenvalue weighted by Gasteiger charge is -2.30. The highest BCUT2D eigenvalue weighted by atomic mass is 32.1. The van der Waals surface area contributed by atoms with Crippen LogP contribution in [0.5, 0.6) is 11.5 Å². The molecule has 0 fully saturated rings. The molecule has 0 bridgehead atoms. The lowest BCUT2D eigenvalue weighted by Crippen LogP contribution is -2.42. The van der Waals surface area contributed by atoms with E-state index in [1.807, 2.05) is 0 Å². The molecule has 2 aromatic rings. The number of rotatable bonds is 9. The maximum Gasteiger partial charge on any atom is 0.270 e. The van der Waals surface area contributed by atoms with Gasteiger partial charge in [0, 0.05) is 36.6 Å². The van der Waals surface area contributed by atoms with E-state index in [4.69, 9.17) is 4.74 Å². The van der Waals surface area contributed by atoms with Crippen molar-refractivity contribution < 1.29 is 19.4 Å². The molecule has 3 N–H and O–H groups in total. The molecule has 0 aliphatic heterocycles. The van der Waals surface area contributed by atoms with Gasteiger partial charge in [0.05, 0.1) is 12.7 Å². The van der Waals surface area contributed by atoms with Gasteiger partial charge in [-0.1, -0.05) is 0 Å². The molecule has 1 aromatic heterocycles. The minimum Gasteiger partial charge on any atom is -0.508 e. The third-order valence-corrected chi connectivity index (χ3v) is 5.13. The van der Waals surface area contributed by atoms with Crippen LogP contribution in [0.3, 0.4) is 0 Å². The summed E-state index contributed by atoms with van der Waals surface area (Å²) in [5, 5.41) is 16.9. The maximum atomic E-state index is 12.4. The number of methoxy groups -OCH3 is 1. The van der Waals surface area contributed by atoms with E-state index in [2.05, 4.69) is 48.2 Å². The Kier molecular flexibility index (Phi) is 7.98. The zero-order chi connectivity index (χ0) is 21.6. The topological polar surface area (TPSA) is 104 Å². The molecule has 158 valence electrons. The van der Waals surface area contributed by atoms with E-state index < -0.39 is 5.91 Å². The van der Waals surface area contributed by atoms with Crippen molar-refractivity contribution in [2.24, 2.45) is 0 Å². The average molecular weight is 421 g/mol. The first-order valence-corrected chi connectivity index (χ1v) is 10.3. The highest BCUT2D eigenvalue weighted by Gasteiger charge is 2.17. The van der Waals surface area contributed by atoms with Crippen molar-refractivity contribution in [3.8, 4) is 11.5 Å². The monoisotopic (exact) mass is 420 g/mol. The summed E-state index contributed by atoms with van der Waals surface area (Å²) in [6.07, 6.45) is 0. The predicted molar refractivity (Wildman–Crippen MR) is 114 cm³/mol. The molecule has 0 aliphatic rings. The summed E-state index contributed by atoms with van der Waals surface area (Å²) in [4.78, 5) is 31.3. The van der Waals surface area contributed by atoms with Crippen LogP contribution >= 0.6 is 11.3 Å². The van der Waals surface area contributed by atoms with Crippen LogP contribution in [0, 0.1) is 0 Å². The molecule has 0 radical (unpaired) electrons. The number of thiazole rings is 1. The Morgan fingerprint density at radius 1 is 1.21 bits per heavy atom. The van der Waals surface area contributed by atoms with Crippen LogP contribution in [0.1, 0.15) is 48.5 Å². The summed E-state index contributed by atoms with van der Waals surface area (Å²) in [5.41, 5.74) is 0.512. The lowest BCUT2D eigenvalue weighted by atomic mass is 10.2. The number of phenols is 1. The molecule has 0 spiro atoms. The zero-order valence-corrected chi connectivity index (χ0v) is 18.2. The van der Waals surface area contributed by atoms with Crippen molar-refractivity contribution in [2.75, 3.05) is 25.5 Å². The molecule has 0 unspecified atom stereocenters. The highest BCUT2D eigenvalue weighted by Crippen LogP contribution is 2.25. The fourth-order valence-corrected chi connectivity index (χ4v) is 3.65. The van der Waals surface area contributed by atoms with E-state index in [9.17, 15) is 14.7 Å². The lowest BCUT2D eigenvalue weighted by molar-refractivity contribution is 0.0934. The van der Waals surface area contributed by atoms with Gasteiger partial charge in [0.1, 0.15) is 17.2 Å². The summed E-state index contributed by atoms with van der Waals surface area (Å²) in [7, 11) is 1.41. The maximum absolute atomic E-state index is 12.4. The van der Waals surface area contributed by atoms with Crippen LogP contribution in [-0.4, -0.2) is 59.1 Å². The molecule has 9 heteroatoms. The number of amides is 2. The van der Waals surface area contributed by atoms with Crippen molar-refractivity contribution in [1.29, 1.82) is 0 Å². The van der Waals surface area contributed by atoms with Gasteiger partial charge in [-0.25, -0.2) is 4.98 Å².